The Morgan fingerprint density at radius 1 is 1.47 bits per heavy atom. The first-order valence-corrected chi connectivity index (χ1v) is 6.58. The van der Waals surface area contributed by atoms with Crippen molar-refractivity contribution in [1.29, 1.82) is 0 Å². The summed E-state index contributed by atoms with van der Waals surface area (Å²) < 4.78 is 5.67. The fraction of sp³-hybridized carbons (Fsp3) is 0.500. The molecule has 0 saturated carbocycles. The van der Waals surface area contributed by atoms with E-state index in [-0.39, 0.29) is 12.5 Å². The van der Waals surface area contributed by atoms with Gasteiger partial charge in [0.2, 0.25) is 5.91 Å². The molecule has 1 aromatic carbocycles. The molecule has 1 heterocycles. The third-order valence-electron chi connectivity index (χ3n) is 3.11. The molecule has 0 aliphatic carbocycles. The van der Waals surface area contributed by atoms with Gasteiger partial charge in [0, 0.05) is 24.2 Å². The zero-order chi connectivity index (χ0) is 13.7. The van der Waals surface area contributed by atoms with Crippen molar-refractivity contribution >= 4 is 11.6 Å². The van der Waals surface area contributed by atoms with E-state index in [2.05, 4.69) is 10.6 Å². The molecule has 1 aliphatic heterocycles. The van der Waals surface area contributed by atoms with Gasteiger partial charge in [-0.05, 0) is 32.0 Å². The fourth-order valence-corrected chi connectivity index (χ4v) is 2.19. The SMILES string of the molecule is CNCC(O)COc1cccc2c1CCCC(=O)N2. The summed E-state index contributed by atoms with van der Waals surface area (Å²) in [5.74, 6) is 0.793. The second-order valence-electron chi connectivity index (χ2n) is 4.71. The highest BCUT2D eigenvalue weighted by atomic mass is 16.5. The van der Waals surface area contributed by atoms with Crippen molar-refractivity contribution < 1.29 is 14.6 Å². The van der Waals surface area contributed by atoms with Crippen LogP contribution in [0.3, 0.4) is 0 Å². The number of amides is 1. The van der Waals surface area contributed by atoms with Crippen LogP contribution in [0.5, 0.6) is 5.75 Å². The number of rotatable bonds is 5. The third kappa shape index (κ3) is 3.68. The lowest BCUT2D eigenvalue weighted by atomic mass is 10.1. The van der Waals surface area contributed by atoms with Crippen molar-refractivity contribution in [1.82, 2.24) is 5.32 Å². The van der Waals surface area contributed by atoms with E-state index in [1.54, 1.807) is 7.05 Å². The van der Waals surface area contributed by atoms with Crippen LogP contribution >= 0.6 is 0 Å². The number of fused-ring (bicyclic) bond motifs is 1. The Morgan fingerprint density at radius 2 is 2.32 bits per heavy atom. The van der Waals surface area contributed by atoms with Gasteiger partial charge in [0.25, 0.3) is 0 Å². The molecule has 0 aromatic heterocycles. The van der Waals surface area contributed by atoms with Crippen molar-refractivity contribution in [2.75, 3.05) is 25.5 Å². The first kappa shape index (κ1) is 13.8. The van der Waals surface area contributed by atoms with Crippen molar-refractivity contribution in [2.24, 2.45) is 0 Å². The summed E-state index contributed by atoms with van der Waals surface area (Å²) in [5.41, 5.74) is 1.84. The summed E-state index contributed by atoms with van der Waals surface area (Å²) in [6.45, 7) is 0.733. The first-order chi connectivity index (χ1) is 9.20. The van der Waals surface area contributed by atoms with Crippen molar-refractivity contribution in [3.63, 3.8) is 0 Å². The first-order valence-electron chi connectivity index (χ1n) is 6.58. The molecule has 5 heteroatoms. The highest BCUT2D eigenvalue weighted by Gasteiger charge is 2.16. The normalized spacial score (nSPS) is 16.2. The third-order valence-corrected chi connectivity index (χ3v) is 3.11. The molecule has 1 amide bonds. The maximum Gasteiger partial charge on any atom is 0.224 e. The largest absolute Gasteiger partial charge is 0.490 e. The van der Waals surface area contributed by atoms with Gasteiger partial charge in [0.15, 0.2) is 0 Å². The summed E-state index contributed by atoms with van der Waals surface area (Å²) >= 11 is 0. The number of benzene rings is 1. The summed E-state index contributed by atoms with van der Waals surface area (Å²) in [6, 6.07) is 5.61. The molecule has 1 aromatic rings. The van der Waals surface area contributed by atoms with E-state index in [1.165, 1.54) is 0 Å². The number of anilines is 1. The van der Waals surface area contributed by atoms with Crippen LogP contribution in [0.15, 0.2) is 18.2 Å². The number of carbonyl (C=O) groups excluding carboxylic acids is 1. The van der Waals surface area contributed by atoms with Gasteiger partial charge in [-0.1, -0.05) is 6.07 Å². The summed E-state index contributed by atoms with van der Waals surface area (Å²) in [5, 5.41) is 15.4. The van der Waals surface area contributed by atoms with Gasteiger partial charge in [-0.2, -0.15) is 0 Å². The van der Waals surface area contributed by atoms with E-state index in [1.807, 2.05) is 18.2 Å². The predicted molar refractivity (Wildman–Crippen MR) is 73.4 cm³/mol. The van der Waals surface area contributed by atoms with Gasteiger partial charge in [-0.3, -0.25) is 4.79 Å². The highest BCUT2D eigenvalue weighted by Crippen LogP contribution is 2.30. The number of ether oxygens (including phenoxy) is 1. The maximum atomic E-state index is 11.5. The summed E-state index contributed by atoms with van der Waals surface area (Å²) in [7, 11) is 1.79. The van der Waals surface area contributed by atoms with Crippen LogP contribution < -0.4 is 15.4 Å². The van der Waals surface area contributed by atoms with Crippen LogP contribution in [-0.2, 0) is 11.2 Å². The number of aliphatic hydroxyl groups is 1. The molecule has 5 nitrogen and oxygen atoms in total. The molecule has 0 fully saturated rings. The summed E-state index contributed by atoms with van der Waals surface area (Å²) in [6.07, 6.45) is 1.63. The van der Waals surface area contributed by atoms with E-state index in [0.717, 1.165) is 29.8 Å². The Kier molecular flexibility index (Phi) is 4.76. The van der Waals surface area contributed by atoms with E-state index in [4.69, 9.17) is 4.74 Å². The van der Waals surface area contributed by atoms with Crippen LogP contribution in [-0.4, -0.2) is 37.3 Å². The van der Waals surface area contributed by atoms with E-state index in [9.17, 15) is 9.90 Å². The van der Waals surface area contributed by atoms with Crippen LogP contribution in [0.25, 0.3) is 0 Å². The lowest BCUT2D eigenvalue weighted by Crippen LogP contribution is -2.29. The molecule has 1 unspecified atom stereocenters. The molecule has 2 rings (SSSR count). The van der Waals surface area contributed by atoms with Gasteiger partial charge in [0.05, 0.1) is 0 Å². The van der Waals surface area contributed by atoms with Crippen LogP contribution in [0, 0.1) is 0 Å². The van der Waals surface area contributed by atoms with Crippen LogP contribution in [0.4, 0.5) is 5.69 Å². The van der Waals surface area contributed by atoms with Crippen molar-refractivity contribution in [3.05, 3.63) is 23.8 Å². The minimum absolute atomic E-state index is 0.0473. The Labute approximate surface area is 113 Å². The molecule has 0 radical (unpaired) electrons. The molecular formula is C14H20N2O3. The molecule has 3 N–H and O–H groups in total. The Morgan fingerprint density at radius 3 is 3.11 bits per heavy atom. The smallest absolute Gasteiger partial charge is 0.224 e. The second-order valence-corrected chi connectivity index (χ2v) is 4.71. The topological polar surface area (TPSA) is 70.6 Å². The minimum Gasteiger partial charge on any atom is -0.490 e. The van der Waals surface area contributed by atoms with Crippen molar-refractivity contribution in [2.45, 2.75) is 25.4 Å². The maximum absolute atomic E-state index is 11.5. The number of hydrogen-bond donors (Lipinski definition) is 3. The van der Waals surface area contributed by atoms with E-state index in [0.29, 0.717) is 13.0 Å². The zero-order valence-electron chi connectivity index (χ0n) is 11.1. The monoisotopic (exact) mass is 264 g/mol. The highest BCUT2D eigenvalue weighted by molar-refractivity contribution is 5.92. The number of hydrogen-bond acceptors (Lipinski definition) is 4. The lowest BCUT2D eigenvalue weighted by molar-refractivity contribution is -0.116. The summed E-state index contributed by atoms with van der Waals surface area (Å²) in [4.78, 5) is 11.5. The standard InChI is InChI=1S/C14H20N2O3/c1-15-8-10(17)9-19-13-6-3-5-12-11(13)4-2-7-14(18)16-12/h3,5-6,10,15,17H,2,4,7-9H2,1H3,(H,16,18). The quantitative estimate of drug-likeness (QED) is 0.739. The number of carbonyl (C=O) groups is 1. The Balaban J connectivity index is 2.09. The van der Waals surface area contributed by atoms with Gasteiger partial charge in [-0.25, -0.2) is 0 Å². The zero-order valence-corrected chi connectivity index (χ0v) is 11.1. The number of nitrogens with one attached hydrogen (secondary N) is 2. The average Bonchev–Trinajstić information content (AvgIpc) is 2.57. The Hall–Kier alpha value is -1.59. The molecule has 19 heavy (non-hydrogen) atoms. The predicted octanol–water partition coefficient (Wildman–Crippen LogP) is 0.920. The van der Waals surface area contributed by atoms with Gasteiger partial charge >= 0.3 is 0 Å². The molecular weight excluding hydrogens is 244 g/mol. The molecule has 0 saturated heterocycles. The fourth-order valence-electron chi connectivity index (χ4n) is 2.19. The van der Waals surface area contributed by atoms with Crippen LogP contribution in [0.2, 0.25) is 0 Å². The molecule has 0 spiro atoms. The average molecular weight is 264 g/mol. The van der Waals surface area contributed by atoms with E-state index >= 15 is 0 Å². The molecule has 1 aliphatic rings. The Bertz CT molecular complexity index is 448. The molecule has 0 bridgehead atoms. The molecule has 1 atom stereocenters. The number of likely N-dealkylation sites (N-methyl/N-ethyl adjacent to an activating group) is 1. The second kappa shape index (κ2) is 6.54. The van der Waals surface area contributed by atoms with Gasteiger partial charge in [-0.15, -0.1) is 0 Å². The van der Waals surface area contributed by atoms with Crippen LogP contribution in [0.1, 0.15) is 18.4 Å². The minimum atomic E-state index is -0.541. The van der Waals surface area contributed by atoms with E-state index < -0.39 is 6.10 Å². The van der Waals surface area contributed by atoms with Gasteiger partial charge < -0.3 is 20.5 Å². The molecule has 104 valence electrons. The van der Waals surface area contributed by atoms with Crippen molar-refractivity contribution in [3.8, 4) is 5.75 Å². The lowest BCUT2D eigenvalue weighted by Gasteiger charge is -2.16. The van der Waals surface area contributed by atoms with Gasteiger partial charge in [0.1, 0.15) is 18.5 Å². The number of aliphatic hydroxyl groups excluding tert-OH is 1.